The number of aliphatic carboxylic acids is 3. The van der Waals surface area contributed by atoms with Crippen LogP contribution >= 0.6 is 0 Å². The van der Waals surface area contributed by atoms with Gasteiger partial charge in [0.25, 0.3) is 0 Å². The molecule has 7 nitrogen and oxygen atoms in total. The molecule has 0 aliphatic carbocycles. The Labute approximate surface area is 276 Å². The SMILES string of the molecule is CCCCCCCCCCCCCCCCCCCCC/C=C/[N+](CC(CC)C(=O)[O-])(CC(CC)C(=O)O)CC(CC)C(=O)O. The Hall–Kier alpha value is -1.89. The number of rotatable bonds is 33. The highest BCUT2D eigenvalue weighted by molar-refractivity contribution is 5.71. The fraction of sp³-hybridized carbons (Fsp3) is 0.868. The van der Waals surface area contributed by atoms with Gasteiger partial charge in [0.2, 0.25) is 0 Å². The first-order chi connectivity index (χ1) is 21.7. The van der Waals surface area contributed by atoms with Crippen molar-refractivity contribution in [2.45, 2.75) is 175 Å². The minimum absolute atomic E-state index is 0.0429. The van der Waals surface area contributed by atoms with Crippen molar-refractivity contribution < 1.29 is 34.2 Å². The van der Waals surface area contributed by atoms with Gasteiger partial charge in [0.05, 0.1) is 31.8 Å². The molecular weight excluding hydrogens is 566 g/mol. The topological polar surface area (TPSA) is 115 Å². The van der Waals surface area contributed by atoms with Crippen LogP contribution in [0.1, 0.15) is 175 Å². The molecule has 0 saturated heterocycles. The molecule has 0 fully saturated rings. The van der Waals surface area contributed by atoms with Gasteiger partial charge >= 0.3 is 11.9 Å². The highest BCUT2D eigenvalue weighted by atomic mass is 16.4. The van der Waals surface area contributed by atoms with Crippen molar-refractivity contribution in [3.63, 3.8) is 0 Å². The first kappa shape index (κ1) is 43.1. The minimum atomic E-state index is -1.17. The van der Waals surface area contributed by atoms with Crippen molar-refractivity contribution in [1.29, 1.82) is 0 Å². The van der Waals surface area contributed by atoms with Crippen LogP contribution in [0.25, 0.3) is 0 Å². The Morgan fingerprint density at radius 1 is 0.533 bits per heavy atom. The third-order valence-corrected chi connectivity index (χ3v) is 9.66. The Bertz CT molecular complexity index is 722. The van der Waals surface area contributed by atoms with E-state index in [1.165, 1.54) is 109 Å². The molecule has 45 heavy (non-hydrogen) atoms. The summed E-state index contributed by atoms with van der Waals surface area (Å²) in [7, 11) is 0. The summed E-state index contributed by atoms with van der Waals surface area (Å²) in [6, 6.07) is 0. The molecule has 2 N–H and O–H groups in total. The lowest BCUT2D eigenvalue weighted by Crippen LogP contribution is -2.55. The highest BCUT2D eigenvalue weighted by Crippen LogP contribution is 2.25. The molecule has 0 aromatic heterocycles. The molecule has 0 aliphatic rings. The van der Waals surface area contributed by atoms with E-state index < -0.39 is 35.7 Å². The van der Waals surface area contributed by atoms with Crippen molar-refractivity contribution in [2.75, 3.05) is 19.6 Å². The lowest BCUT2D eigenvalue weighted by atomic mass is 9.96. The summed E-state index contributed by atoms with van der Waals surface area (Å²) >= 11 is 0. The van der Waals surface area contributed by atoms with E-state index in [4.69, 9.17) is 0 Å². The molecule has 0 saturated carbocycles. The Morgan fingerprint density at radius 3 is 1.13 bits per heavy atom. The normalized spacial score (nSPS) is 15.1. The van der Waals surface area contributed by atoms with E-state index in [0.29, 0.717) is 19.3 Å². The molecule has 0 aromatic rings. The summed E-state index contributed by atoms with van der Waals surface area (Å²) in [6.07, 6.45) is 31.2. The molecule has 0 radical (unpaired) electrons. The highest BCUT2D eigenvalue weighted by Gasteiger charge is 2.38. The van der Waals surface area contributed by atoms with Crippen LogP contribution in [-0.4, -0.2) is 52.2 Å². The molecule has 0 spiro atoms. The largest absolute Gasteiger partial charge is 0.550 e. The van der Waals surface area contributed by atoms with Gasteiger partial charge in [-0.15, -0.1) is 0 Å². The number of carbonyl (C=O) groups is 3. The molecule has 3 atom stereocenters. The quantitative estimate of drug-likeness (QED) is 0.0548. The van der Waals surface area contributed by atoms with Crippen LogP contribution in [0.15, 0.2) is 12.3 Å². The van der Waals surface area contributed by atoms with Gasteiger partial charge in [0.1, 0.15) is 11.8 Å². The fourth-order valence-corrected chi connectivity index (χ4v) is 6.50. The molecule has 0 heterocycles. The van der Waals surface area contributed by atoms with E-state index in [9.17, 15) is 29.7 Å². The van der Waals surface area contributed by atoms with Gasteiger partial charge in [-0.25, -0.2) is 0 Å². The second kappa shape index (κ2) is 28.3. The summed E-state index contributed by atoms with van der Waals surface area (Å²) in [4.78, 5) is 35.8. The molecule has 7 heteroatoms. The molecule has 0 amide bonds. The second-order valence-electron chi connectivity index (χ2n) is 13.6. The average molecular weight is 638 g/mol. The fourth-order valence-electron chi connectivity index (χ4n) is 6.50. The molecule has 0 aromatic carbocycles. The number of hydrogen-bond acceptors (Lipinski definition) is 4. The van der Waals surface area contributed by atoms with E-state index in [2.05, 4.69) is 6.92 Å². The van der Waals surface area contributed by atoms with Crippen molar-refractivity contribution in [1.82, 2.24) is 0 Å². The molecule has 264 valence electrons. The number of nitrogens with zero attached hydrogens (tertiary/aromatic N) is 1. The van der Waals surface area contributed by atoms with Crippen molar-refractivity contribution in [3.05, 3.63) is 12.3 Å². The van der Waals surface area contributed by atoms with E-state index in [1.807, 2.05) is 12.3 Å². The lowest BCUT2D eigenvalue weighted by Gasteiger charge is -2.41. The Kier molecular flexibility index (Phi) is 27.2. The van der Waals surface area contributed by atoms with Gasteiger partial charge in [-0.2, -0.15) is 0 Å². The third kappa shape index (κ3) is 22.3. The third-order valence-electron chi connectivity index (χ3n) is 9.66. The van der Waals surface area contributed by atoms with Crippen LogP contribution in [0, 0.1) is 17.8 Å². The number of carboxylic acid groups (broad SMARTS) is 3. The zero-order chi connectivity index (χ0) is 33.8. The number of carbonyl (C=O) groups excluding carboxylic acids is 1. The first-order valence-electron chi connectivity index (χ1n) is 18.9. The van der Waals surface area contributed by atoms with Crippen LogP contribution in [-0.2, 0) is 14.4 Å². The summed E-state index contributed by atoms with van der Waals surface area (Å²) < 4.78 is 0.0429. The number of quaternary nitrogens is 1. The summed E-state index contributed by atoms with van der Waals surface area (Å²) in [6.45, 7) is 8.16. The number of hydrogen-bond donors (Lipinski definition) is 2. The van der Waals surface area contributed by atoms with E-state index in [-0.39, 0.29) is 24.1 Å². The molecule has 0 bridgehead atoms. The van der Waals surface area contributed by atoms with Crippen LogP contribution in [0.4, 0.5) is 0 Å². The van der Waals surface area contributed by atoms with Gasteiger partial charge in [-0.1, -0.05) is 143 Å². The van der Waals surface area contributed by atoms with E-state index in [0.717, 1.165) is 19.3 Å². The predicted octanol–water partition coefficient (Wildman–Crippen LogP) is 9.14. The van der Waals surface area contributed by atoms with Crippen LogP contribution in [0.5, 0.6) is 0 Å². The molecule has 0 rings (SSSR count). The summed E-state index contributed by atoms with van der Waals surface area (Å²) in [5.74, 6) is -5.18. The van der Waals surface area contributed by atoms with Crippen LogP contribution in [0.3, 0.4) is 0 Å². The van der Waals surface area contributed by atoms with Crippen LogP contribution < -0.4 is 5.11 Å². The Morgan fingerprint density at radius 2 is 0.844 bits per heavy atom. The predicted molar refractivity (Wildman–Crippen MR) is 184 cm³/mol. The lowest BCUT2D eigenvalue weighted by molar-refractivity contribution is -0.887. The number of allylic oxidation sites excluding steroid dienone is 1. The smallest absolute Gasteiger partial charge is 0.312 e. The first-order valence-corrected chi connectivity index (χ1v) is 18.9. The Balaban J connectivity index is 4.56. The van der Waals surface area contributed by atoms with Crippen molar-refractivity contribution >= 4 is 17.9 Å². The number of carboxylic acids is 3. The van der Waals surface area contributed by atoms with E-state index in [1.54, 1.807) is 20.8 Å². The van der Waals surface area contributed by atoms with Crippen LogP contribution in [0.2, 0.25) is 0 Å². The average Bonchev–Trinajstić information content (AvgIpc) is 3.01. The maximum atomic E-state index is 12.0. The summed E-state index contributed by atoms with van der Waals surface area (Å²) in [5.41, 5.74) is 0. The minimum Gasteiger partial charge on any atom is -0.550 e. The zero-order valence-corrected chi connectivity index (χ0v) is 29.7. The van der Waals surface area contributed by atoms with Gasteiger partial charge in [-0.3, -0.25) is 14.1 Å². The van der Waals surface area contributed by atoms with Crippen molar-refractivity contribution in [2.24, 2.45) is 17.8 Å². The van der Waals surface area contributed by atoms with Gasteiger partial charge in [0.15, 0.2) is 0 Å². The monoisotopic (exact) mass is 638 g/mol. The summed E-state index contributed by atoms with van der Waals surface area (Å²) in [5, 5.41) is 31.5. The van der Waals surface area contributed by atoms with Gasteiger partial charge in [0, 0.05) is 5.92 Å². The second-order valence-corrected chi connectivity index (χ2v) is 13.6. The molecule has 3 unspecified atom stereocenters. The maximum absolute atomic E-state index is 12.0. The zero-order valence-electron chi connectivity index (χ0n) is 29.7. The molecule has 0 aliphatic heterocycles. The molecular formula is C38H71NO6. The van der Waals surface area contributed by atoms with Crippen molar-refractivity contribution in [3.8, 4) is 0 Å². The standard InChI is InChI=1S/C38H71NO6/c1-5-9-10-11-12-13-14-15-16-17-18-19-20-21-22-23-24-25-26-27-28-29-39(30-33(6-2)36(40)41,31-34(7-3)37(42)43)32-35(8-4)38(44)45/h28-29,33-35H,5-27,30-32H2,1-4H3,(H2-,40,41,42,43,44,45)/b29-28+. The van der Waals surface area contributed by atoms with E-state index >= 15 is 0 Å². The van der Waals surface area contributed by atoms with Gasteiger partial charge in [-0.05, 0) is 38.2 Å². The maximum Gasteiger partial charge on any atom is 0.312 e. The van der Waals surface area contributed by atoms with Gasteiger partial charge < -0.3 is 20.1 Å². The number of unbranched alkanes of at least 4 members (excludes halogenated alkanes) is 19.